The van der Waals surface area contributed by atoms with Gasteiger partial charge in [0.1, 0.15) is 11.9 Å². The van der Waals surface area contributed by atoms with Crippen molar-refractivity contribution in [2.45, 2.75) is 32.4 Å². The third kappa shape index (κ3) is 4.94. The van der Waals surface area contributed by atoms with Crippen LogP contribution in [0.2, 0.25) is 0 Å². The van der Waals surface area contributed by atoms with Gasteiger partial charge in [-0.1, -0.05) is 30.3 Å². The normalized spacial score (nSPS) is 16.4. The zero-order valence-corrected chi connectivity index (χ0v) is 18.2. The summed E-state index contributed by atoms with van der Waals surface area (Å²) in [6, 6.07) is 15.2. The van der Waals surface area contributed by atoms with Crippen molar-refractivity contribution in [3.05, 3.63) is 77.2 Å². The van der Waals surface area contributed by atoms with E-state index in [0.717, 1.165) is 10.9 Å². The molecule has 1 aliphatic heterocycles. The molecule has 0 aliphatic carbocycles. The summed E-state index contributed by atoms with van der Waals surface area (Å²) >= 11 is 0. The van der Waals surface area contributed by atoms with Crippen LogP contribution < -0.4 is 5.32 Å². The number of benzene rings is 2. The molecular formula is C25H26FN3O3. The highest BCUT2D eigenvalue weighted by atomic mass is 19.1. The predicted molar refractivity (Wildman–Crippen MR) is 120 cm³/mol. The van der Waals surface area contributed by atoms with Crippen LogP contribution in [0.15, 0.2) is 54.6 Å². The zero-order chi connectivity index (χ0) is 22.7. The van der Waals surface area contributed by atoms with Gasteiger partial charge < -0.3 is 15.0 Å². The molecule has 4 rings (SSSR count). The van der Waals surface area contributed by atoms with E-state index in [9.17, 15) is 14.0 Å². The van der Waals surface area contributed by atoms with Gasteiger partial charge in [-0.2, -0.15) is 0 Å². The molecule has 1 fully saturated rings. The number of carbonyl (C=O) groups excluding carboxylic acids is 2. The number of aromatic nitrogens is 1. The van der Waals surface area contributed by atoms with Gasteiger partial charge in [0.25, 0.3) is 5.91 Å². The first-order valence-corrected chi connectivity index (χ1v) is 10.7. The van der Waals surface area contributed by atoms with Gasteiger partial charge in [0.15, 0.2) is 0 Å². The van der Waals surface area contributed by atoms with Crippen molar-refractivity contribution >= 4 is 22.7 Å². The maximum atomic E-state index is 13.1. The van der Waals surface area contributed by atoms with E-state index in [0.29, 0.717) is 36.5 Å². The fourth-order valence-corrected chi connectivity index (χ4v) is 3.83. The van der Waals surface area contributed by atoms with Crippen LogP contribution in [0.1, 0.15) is 41.6 Å². The Morgan fingerprint density at radius 3 is 2.69 bits per heavy atom. The monoisotopic (exact) mass is 435 g/mol. The van der Waals surface area contributed by atoms with Crippen molar-refractivity contribution in [3.63, 3.8) is 0 Å². The Kier molecular flexibility index (Phi) is 6.46. The molecule has 2 amide bonds. The number of amides is 2. The number of morpholine rings is 1. The highest BCUT2D eigenvalue weighted by molar-refractivity contribution is 6.06. The second kappa shape index (κ2) is 9.44. The van der Waals surface area contributed by atoms with Gasteiger partial charge in [0, 0.05) is 18.0 Å². The molecule has 1 atom stereocenters. The van der Waals surface area contributed by atoms with E-state index in [-0.39, 0.29) is 30.1 Å². The first kappa shape index (κ1) is 21.9. The van der Waals surface area contributed by atoms with E-state index >= 15 is 0 Å². The maximum absolute atomic E-state index is 13.1. The molecule has 6 nitrogen and oxygen atoms in total. The number of nitrogens with one attached hydrogen (secondary N) is 1. The Morgan fingerprint density at radius 1 is 1.19 bits per heavy atom. The summed E-state index contributed by atoms with van der Waals surface area (Å²) in [5, 5.41) is 3.71. The Hall–Kier alpha value is -3.32. The number of fused-ring (bicyclic) bond motifs is 1. The molecule has 0 bridgehead atoms. The van der Waals surface area contributed by atoms with Crippen molar-refractivity contribution in [3.8, 4) is 0 Å². The summed E-state index contributed by atoms with van der Waals surface area (Å²) in [4.78, 5) is 32.1. The Balaban J connectivity index is 1.57. The minimum atomic E-state index is -0.434. The topological polar surface area (TPSA) is 71.5 Å². The number of hydrogen-bond acceptors (Lipinski definition) is 4. The summed E-state index contributed by atoms with van der Waals surface area (Å²) < 4.78 is 19.1. The van der Waals surface area contributed by atoms with Gasteiger partial charge >= 0.3 is 0 Å². The van der Waals surface area contributed by atoms with Crippen LogP contribution >= 0.6 is 0 Å². The molecule has 166 valence electrons. The van der Waals surface area contributed by atoms with Crippen molar-refractivity contribution in [2.75, 3.05) is 19.7 Å². The second-order valence-electron chi connectivity index (χ2n) is 8.24. The quantitative estimate of drug-likeness (QED) is 0.664. The molecule has 32 heavy (non-hydrogen) atoms. The van der Waals surface area contributed by atoms with E-state index in [4.69, 9.17) is 9.72 Å². The van der Waals surface area contributed by atoms with Crippen molar-refractivity contribution in [2.24, 2.45) is 0 Å². The number of pyridine rings is 1. The molecular weight excluding hydrogens is 409 g/mol. The van der Waals surface area contributed by atoms with E-state index in [1.807, 2.05) is 38.1 Å². The van der Waals surface area contributed by atoms with Gasteiger partial charge in [-0.05, 0) is 43.7 Å². The third-order valence-electron chi connectivity index (χ3n) is 5.42. The van der Waals surface area contributed by atoms with Gasteiger partial charge in [0.05, 0.1) is 36.3 Å². The van der Waals surface area contributed by atoms with Gasteiger partial charge in [-0.15, -0.1) is 0 Å². The van der Waals surface area contributed by atoms with Crippen molar-refractivity contribution in [1.82, 2.24) is 15.2 Å². The van der Waals surface area contributed by atoms with E-state index in [1.54, 1.807) is 23.1 Å². The van der Waals surface area contributed by atoms with E-state index < -0.39 is 6.10 Å². The molecule has 1 unspecified atom stereocenters. The smallest absolute Gasteiger partial charge is 0.252 e. The maximum Gasteiger partial charge on any atom is 0.252 e. The van der Waals surface area contributed by atoms with Crippen LogP contribution in [-0.4, -0.2) is 47.4 Å². The first-order chi connectivity index (χ1) is 15.4. The molecule has 2 aromatic carbocycles. The first-order valence-electron chi connectivity index (χ1n) is 10.7. The molecule has 1 saturated heterocycles. The van der Waals surface area contributed by atoms with Gasteiger partial charge in [0.2, 0.25) is 5.91 Å². The third-order valence-corrected chi connectivity index (χ3v) is 5.42. The van der Waals surface area contributed by atoms with E-state index in [1.165, 1.54) is 12.1 Å². The Morgan fingerprint density at radius 2 is 1.94 bits per heavy atom. The number of carbonyl (C=O) groups is 2. The molecule has 1 aromatic heterocycles. The molecule has 0 spiro atoms. The van der Waals surface area contributed by atoms with E-state index in [2.05, 4.69) is 5.32 Å². The fraction of sp³-hybridized carbons (Fsp3) is 0.320. The minimum Gasteiger partial charge on any atom is -0.368 e. The van der Waals surface area contributed by atoms with Crippen molar-refractivity contribution < 1.29 is 18.7 Å². The number of ether oxygens (including phenoxy) is 1. The molecule has 0 radical (unpaired) electrons. The number of hydrogen-bond donors (Lipinski definition) is 1. The predicted octanol–water partition coefficient (Wildman–Crippen LogP) is 3.65. The Bertz CT molecular complexity index is 1130. The highest BCUT2D eigenvalue weighted by Crippen LogP contribution is 2.26. The molecule has 2 heterocycles. The number of halogens is 1. The molecule has 0 saturated carbocycles. The summed E-state index contributed by atoms with van der Waals surface area (Å²) in [7, 11) is 0. The minimum absolute atomic E-state index is 0.00313. The summed E-state index contributed by atoms with van der Waals surface area (Å²) in [6.45, 7) is 5.03. The lowest BCUT2D eigenvalue weighted by Crippen LogP contribution is -2.43. The summed E-state index contributed by atoms with van der Waals surface area (Å²) in [6.07, 6.45) is -0.240. The summed E-state index contributed by atoms with van der Waals surface area (Å²) in [5.41, 5.74) is 2.63. The highest BCUT2D eigenvalue weighted by Gasteiger charge is 2.28. The number of rotatable bonds is 5. The van der Waals surface area contributed by atoms with Crippen LogP contribution in [0, 0.1) is 5.82 Å². The Labute approximate surface area is 186 Å². The largest absolute Gasteiger partial charge is 0.368 e. The fourth-order valence-electron chi connectivity index (χ4n) is 3.83. The number of para-hydroxylation sites is 1. The molecule has 3 aromatic rings. The van der Waals surface area contributed by atoms with Crippen LogP contribution in [0.4, 0.5) is 4.39 Å². The van der Waals surface area contributed by atoms with Gasteiger partial charge in [-0.25, -0.2) is 9.37 Å². The molecule has 1 aliphatic rings. The standard InChI is InChI=1S/C25H26FN3O3/c1-16(2)27-25(31)20-14-22(28-21-6-4-3-5-19(20)21)23-15-29(11-12-32-23)24(30)13-17-7-9-18(26)10-8-17/h3-10,14,16,23H,11-13,15H2,1-2H3,(H,27,31). The SMILES string of the molecule is CC(C)NC(=O)c1cc(C2CN(C(=O)Cc3ccc(F)cc3)CCO2)nc2ccccc12. The second-order valence-corrected chi connectivity index (χ2v) is 8.24. The zero-order valence-electron chi connectivity index (χ0n) is 18.2. The molecule has 7 heteroatoms. The lowest BCUT2D eigenvalue weighted by molar-refractivity contribution is -0.138. The van der Waals surface area contributed by atoms with Crippen LogP contribution in [0.25, 0.3) is 10.9 Å². The van der Waals surface area contributed by atoms with Gasteiger partial charge in [-0.3, -0.25) is 9.59 Å². The molecule has 1 N–H and O–H groups in total. The lowest BCUT2D eigenvalue weighted by Gasteiger charge is -2.33. The lowest BCUT2D eigenvalue weighted by atomic mass is 10.0. The van der Waals surface area contributed by atoms with Crippen LogP contribution in [0.3, 0.4) is 0 Å². The van der Waals surface area contributed by atoms with Crippen LogP contribution in [0.5, 0.6) is 0 Å². The number of nitrogens with zero attached hydrogens (tertiary/aromatic N) is 2. The van der Waals surface area contributed by atoms with Crippen LogP contribution in [-0.2, 0) is 16.0 Å². The average Bonchev–Trinajstić information content (AvgIpc) is 2.79. The average molecular weight is 435 g/mol. The summed E-state index contributed by atoms with van der Waals surface area (Å²) in [5.74, 6) is -0.546. The van der Waals surface area contributed by atoms with Crippen molar-refractivity contribution in [1.29, 1.82) is 0 Å².